The predicted octanol–water partition coefficient (Wildman–Crippen LogP) is 0.721. The van der Waals surface area contributed by atoms with Crippen LogP contribution in [-0.2, 0) is 4.79 Å². The van der Waals surface area contributed by atoms with Crippen LogP contribution in [0.4, 0.5) is 0 Å². The Hall–Kier alpha value is -0.830. The minimum atomic E-state index is -0.652. The molecule has 0 saturated heterocycles. The Kier molecular flexibility index (Phi) is 1.89. The molecule has 1 aliphatic carbocycles. The summed E-state index contributed by atoms with van der Waals surface area (Å²) in [7, 11) is 0. The van der Waals surface area contributed by atoms with E-state index in [0.29, 0.717) is 5.92 Å². The lowest BCUT2D eigenvalue weighted by atomic mass is 10.1. The molecule has 0 aromatic heterocycles. The molecule has 2 rings (SSSR count). The van der Waals surface area contributed by atoms with Gasteiger partial charge in [0.2, 0.25) is 0 Å². The molecule has 1 unspecified atom stereocenters. The first-order valence-corrected chi connectivity index (χ1v) is 4.41. The Labute approximate surface area is 71.7 Å². The summed E-state index contributed by atoms with van der Waals surface area (Å²) in [5.41, 5.74) is 0. The van der Waals surface area contributed by atoms with Crippen molar-refractivity contribution in [1.82, 2.24) is 4.90 Å². The fourth-order valence-corrected chi connectivity index (χ4v) is 1.79. The summed E-state index contributed by atoms with van der Waals surface area (Å²) in [6.45, 7) is 1.63. The molecule has 1 heterocycles. The molecule has 66 valence electrons. The molecule has 1 aliphatic heterocycles. The van der Waals surface area contributed by atoms with Crippen LogP contribution in [0.3, 0.4) is 0 Å². The molecule has 0 bridgehead atoms. The molecule has 2 aliphatic rings. The number of carboxylic acids is 1. The number of hydrogen-bond acceptors (Lipinski definition) is 2. The highest BCUT2D eigenvalue weighted by Crippen LogP contribution is 2.35. The van der Waals surface area contributed by atoms with Crippen LogP contribution in [-0.4, -0.2) is 35.1 Å². The standard InChI is InChI=1S/C9H13NO2/c11-9(12)8(7-3-4-7)10-5-1-2-6-10/h1-2,7-8H,3-6H2,(H,11,12). The third-order valence-corrected chi connectivity index (χ3v) is 2.56. The van der Waals surface area contributed by atoms with E-state index < -0.39 is 5.97 Å². The number of hydrogen-bond donors (Lipinski definition) is 1. The van der Waals surface area contributed by atoms with Gasteiger partial charge in [-0.15, -0.1) is 0 Å². The summed E-state index contributed by atoms with van der Waals surface area (Å²) in [5.74, 6) is -0.233. The molecule has 1 saturated carbocycles. The number of nitrogens with zero attached hydrogens (tertiary/aromatic N) is 1. The average molecular weight is 167 g/mol. The minimum Gasteiger partial charge on any atom is -0.480 e. The lowest BCUT2D eigenvalue weighted by Gasteiger charge is -2.23. The first-order chi connectivity index (χ1) is 5.79. The van der Waals surface area contributed by atoms with Gasteiger partial charge in [0.05, 0.1) is 0 Å². The first-order valence-electron chi connectivity index (χ1n) is 4.41. The molecule has 1 atom stereocenters. The Balaban J connectivity index is 2.00. The monoisotopic (exact) mass is 167 g/mol. The minimum absolute atomic E-state index is 0.222. The highest BCUT2D eigenvalue weighted by atomic mass is 16.4. The van der Waals surface area contributed by atoms with Crippen LogP contribution in [0.1, 0.15) is 12.8 Å². The summed E-state index contributed by atoms with van der Waals surface area (Å²) in [4.78, 5) is 12.9. The van der Waals surface area contributed by atoms with Crippen molar-refractivity contribution in [3.8, 4) is 0 Å². The highest BCUT2D eigenvalue weighted by Gasteiger charge is 2.40. The van der Waals surface area contributed by atoms with Crippen molar-refractivity contribution in [2.24, 2.45) is 5.92 Å². The third-order valence-electron chi connectivity index (χ3n) is 2.56. The van der Waals surface area contributed by atoms with Crippen molar-refractivity contribution in [1.29, 1.82) is 0 Å². The second-order valence-electron chi connectivity index (χ2n) is 3.55. The van der Waals surface area contributed by atoms with Gasteiger partial charge in [-0.25, -0.2) is 0 Å². The van der Waals surface area contributed by atoms with Crippen LogP contribution in [0.2, 0.25) is 0 Å². The van der Waals surface area contributed by atoms with Crippen molar-refractivity contribution in [2.45, 2.75) is 18.9 Å². The van der Waals surface area contributed by atoms with E-state index in [2.05, 4.69) is 0 Å². The molecule has 0 aromatic carbocycles. The van der Waals surface area contributed by atoms with Gasteiger partial charge in [0.25, 0.3) is 0 Å². The van der Waals surface area contributed by atoms with E-state index in [1.807, 2.05) is 17.1 Å². The fourth-order valence-electron chi connectivity index (χ4n) is 1.79. The Morgan fingerprint density at radius 3 is 2.42 bits per heavy atom. The van der Waals surface area contributed by atoms with Crippen LogP contribution in [0.15, 0.2) is 12.2 Å². The average Bonchev–Trinajstić information content (AvgIpc) is 2.65. The molecule has 3 nitrogen and oxygen atoms in total. The van der Waals surface area contributed by atoms with Gasteiger partial charge in [-0.2, -0.15) is 0 Å². The van der Waals surface area contributed by atoms with E-state index in [-0.39, 0.29) is 6.04 Å². The van der Waals surface area contributed by atoms with Gasteiger partial charge in [0.15, 0.2) is 0 Å². The van der Waals surface area contributed by atoms with Gasteiger partial charge in [-0.05, 0) is 18.8 Å². The maximum Gasteiger partial charge on any atom is 0.321 e. The molecule has 12 heavy (non-hydrogen) atoms. The first kappa shape index (κ1) is 7.80. The number of rotatable bonds is 3. The number of carboxylic acid groups (broad SMARTS) is 1. The van der Waals surface area contributed by atoms with Gasteiger partial charge in [-0.1, -0.05) is 12.2 Å². The SMILES string of the molecule is O=C(O)C(C1CC1)N1CC=CC1. The summed E-state index contributed by atoms with van der Waals surface area (Å²) in [5, 5.41) is 8.97. The Bertz CT molecular complexity index is 213. The Morgan fingerprint density at radius 2 is 2.00 bits per heavy atom. The van der Waals surface area contributed by atoms with Crippen LogP contribution in [0, 0.1) is 5.92 Å². The maximum absolute atomic E-state index is 10.9. The summed E-state index contributed by atoms with van der Waals surface area (Å²) >= 11 is 0. The van der Waals surface area contributed by atoms with Gasteiger partial charge in [0, 0.05) is 13.1 Å². The van der Waals surface area contributed by atoms with Crippen LogP contribution >= 0.6 is 0 Å². The maximum atomic E-state index is 10.9. The predicted molar refractivity (Wildman–Crippen MR) is 44.9 cm³/mol. The van der Waals surface area contributed by atoms with E-state index in [1.165, 1.54) is 0 Å². The van der Waals surface area contributed by atoms with Crippen molar-refractivity contribution in [2.75, 3.05) is 13.1 Å². The van der Waals surface area contributed by atoms with E-state index in [0.717, 1.165) is 25.9 Å². The second kappa shape index (κ2) is 2.90. The smallest absolute Gasteiger partial charge is 0.321 e. The largest absolute Gasteiger partial charge is 0.480 e. The molecule has 1 fully saturated rings. The molecule has 0 radical (unpaired) electrons. The highest BCUT2D eigenvalue weighted by molar-refractivity contribution is 5.74. The van der Waals surface area contributed by atoms with Crippen molar-refractivity contribution >= 4 is 5.97 Å². The van der Waals surface area contributed by atoms with Gasteiger partial charge < -0.3 is 5.11 Å². The van der Waals surface area contributed by atoms with Crippen LogP contribution < -0.4 is 0 Å². The number of carbonyl (C=O) groups is 1. The fraction of sp³-hybridized carbons (Fsp3) is 0.667. The zero-order chi connectivity index (χ0) is 8.55. The van der Waals surface area contributed by atoms with Gasteiger partial charge >= 0.3 is 5.97 Å². The van der Waals surface area contributed by atoms with Crippen molar-refractivity contribution in [3.05, 3.63) is 12.2 Å². The van der Waals surface area contributed by atoms with Gasteiger partial charge in [0.1, 0.15) is 6.04 Å². The summed E-state index contributed by atoms with van der Waals surface area (Å²) < 4.78 is 0. The van der Waals surface area contributed by atoms with Gasteiger partial charge in [-0.3, -0.25) is 9.69 Å². The lowest BCUT2D eigenvalue weighted by molar-refractivity contribution is -0.143. The Morgan fingerprint density at radius 1 is 1.42 bits per heavy atom. The third kappa shape index (κ3) is 1.37. The number of aliphatic carboxylic acids is 1. The normalized spacial score (nSPS) is 26.0. The molecule has 3 heteroatoms. The zero-order valence-corrected chi connectivity index (χ0v) is 6.94. The van der Waals surface area contributed by atoms with Crippen molar-refractivity contribution in [3.63, 3.8) is 0 Å². The van der Waals surface area contributed by atoms with E-state index in [9.17, 15) is 4.79 Å². The van der Waals surface area contributed by atoms with Crippen molar-refractivity contribution < 1.29 is 9.90 Å². The molecule has 0 amide bonds. The lowest BCUT2D eigenvalue weighted by Crippen LogP contribution is -2.41. The molecule has 0 aromatic rings. The van der Waals surface area contributed by atoms with Crippen LogP contribution in [0.5, 0.6) is 0 Å². The molecular formula is C9H13NO2. The zero-order valence-electron chi connectivity index (χ0n) is 6.94. The second-order valence-corrected chi connectivity index (χ2v) is 3.55. The molecule has 0 spiro atoms. The quantitative estimate of drug-likeness (QED) is 0.630. The van der Waals surface area contributed by atoms with E-state index in [4.69, 9.17) is 5.11 Å². The van der Waals surface area contributed by atoms with Crippen LogP contribution in [0.25, 0.3) is 0 Å². The molecular weight excluding hydrogens is 154 g/mol. The van der Waals surface area contributed by atoms with E-state index in [1.54, 1.807) is 0 Å². The van der Waals surface area contributed by atoms with E-state index >= 15 is 0 Å². The summed E-state index contributed by atoms with van der Waals surface area (Å²) in [6, 6.07) is -0.222. The molecule has 1 N–H and O–H groups in total. The summed E-state index contributed by atoms with van der Waals surface area (Å²) in [6.07, 6.45) is 6.26. The topological polar surface area (TPSA) is 40.5 Å².